The van der Waals surface area contributed by atoms with Gasteiger partial charge in [0.05, 0.1) is 12.7 Å². The molecular formula is C13H17BrO2. The molecule has 2 rings (SSSR count). The minimum absolute atomic E-state index is 0.345. The molecule has 0 bridgehead atoms. The molecule has 0 aromatic heterocycles. The molecule has 1 aromatic carbocycles. The van der Waals surface area contributed by atoms with E-state index in [1.807, 2.05) is 19.1 Å². The molecule has 1 unspecified atom stereocenters. The average Bonchev–Trinajstić information content (AvgIpc) is 2.23. The SMILES string of the molecule is CCOc1cc(Br)c2c(c1)[C@H](O)CCC2C. The van der Waals surface area contributed by atoms with E-state index >= 15 is 0 Å². The van der Waals surface area contributed by atoms with Crippen LogP contribution in [0.2, 0.25) is 0 Å². The van der Waals surface area contributed by atoms with Crippen LogP contribution in [0.1, 0.15) is 49.8 Å². The molecule has 2 nitrogen and oxygen atoms in total. The Bertz CT molecular complexity index is 390. The summed E-state index contributed by atoms with van der Waals surface area (Å²) in [5.41, 5.74) is 2.26. The Hall–Kier alpha value is -0.540. The van der Waals surface area contributed by atoms with Crippen LogP contribution in [-0.4, -0.2) is 11.7 Å². The highest BCUT2D eigenvalue weighted by atomic mass is 79.9. The van der Waals surface area contributed by atoms with Gasteiger partial charge in [0, 0.05) is 4.47 Å². The molecule has 88 valence electrons. The van der Waals surface area contributed by atoms with Crippen molar-refractivity contribution in [3.8, 4) is 5.75 Å². The summed E-state index contributed by atoms with van der Waals surface area (Å²) in [6.07, 6.45) is 1.54. The highest BCUT2D eigenvalue weighted by molar-refractivity contribution is 9.10. The second-order valence-electron chi connectivity index (χ2n) is 4.34. The van der Waals surface area contributed by atoms with Gasteiger partial charge < -0.3 is 9.84 Å². The first-order valence-electron chi connectivity index (χ1n) is 5.77. The molecule has 0 fully saturated rings. The minimum Gasteiger partial charge on any atom is -0.494 e. The summed E-state index contributed by atoms with van der Waals surface area (Å²) in [5, 5.41) is 10.0. The second-order valence-corrected chi connectivity index (χ2v) is 5.19. The van der Waals surface area contributed by atoms with Crippen molar-refractivity contribution in [2.45, 2.75) is 38.7 Å². The Balaban J connectivity index is 2.48. The molecular weight excluding hydrogens is 268 g/mol. The van der Waals surface area contributed by atoms with Gasteiger partial charge in [0.2, 0.25) is 0 Å². The smallest absolute Gasteiger partial charge is 0.120 e. The molecule has 1 aliphatic rings. The molecule has 16 heavy (non-hydrogen) atoms. The quantitative estimate of drug-likeness (QED) is 0.896. The first kappa shape index (κ1) is 11.9. The van der Waals surface area contributed by atoms with Gasteiger partial charge in [-0.3, -0.25) is 0 Å². The van der Waals surface area contributed by atoms with Crippen LogP contribution in [0.5, 0.6) is 5.75 Å². The van der Waals surface area contributed by atoms with Crippen molar-refractivity contribution in [3.63, 3.8) is 0 Å². The van der Waals surface area contributed by atoms with Crippen molar-refractivity contribution in [2.75, 3.05) is 6.61 Å². The highest BCUT2D eigenvalue weighted by Crippen LogP contribution is 2.43. The second kappa shape index (κ2) is 4.76. The molecule has 0 spiro atoms. The molecule has 1 N–H and O–H groups in total. The van der Waals surface area contributed by atoms with Crippen molar-refractivity contribution in [2.24, 2.45) is 0 Å². The van der Waals surface area contributed by atoms with E-state index in [4.69, 9.17) is 4.74 Å². The minimum atomic E-state index is -0.345. The lowest BCUT2D eigenvalue weighted by atomic mass is 9.82. The Morgan fingerprint density at radius 3 is 2.88 bits per heavy atom. The summed E-state index contributed by atoms with van der Waals surface area (Å²) < 4.78 is 6.55. The van der Waals surface area contributed by atoms with Crippen LogP contribution < -0.4 is 4.74 Å². The van der Waals surface area contributed by atoms with Crippen LogP contribution in [0.15, 0.2) is 16.6 Å². The van der Waals surface area contributed by atoms with Crippen molar-refractivity contribution in [3.05, 3.63) is 27.7 Å². The van der Waals surface area contributed by atoms with E-state index in [2.05, 4.69) is 22.9 Å². The predicted octanol–water partition coefficient (Wildman–Crippen LogP) is 3.78. The van der Waals surface area contributed by atoms with E-state index in [0.29, 0.717) is 12.5 Å². The number of hydrogen-bond donors (Lipinski definition) is 1. The number of hydrogen-bond acceptors (Lipinski definition) is 2. The normalized spacial score (nSPS) is 24.0. The fraction of sp³-hybridized carbons (Fsp3) is 0.538. The molecule has 0 heterocycles. The number of halogens is 1. The number of fused-ring (bicyclic) bond motifs is 1. The van der Waals surface area contributed by atoms with Crippen molar-refractivity contribution < 1.29 is 9.84 Å². The Morgan fingerprint density at radius 1 is 1.44 bits per heavy atom. The van der Waals surface area contributed by atoms with Gasteiger partial charge in [-0.1, -0.05) is 22.9 Å². The molecule has 0 saturated heterocycles. The Morgan fingerprint density at radius 2 is 2.19 bits per heavy atom. The van der Waals surface area contributed by atoms with Crippen molar-refractivity contribution in [1.82, 2.24) is 0 Å². The zero-order valence-corrected chi connectivity index (χ0v) is 11.3. The lowest BCUT2D eigenvalue weighted by Gasteiger charge is -2.28. The van der Waals surface area contributed by atoms with Gasteiger partial charge in [-0.25, -0.2) is 0 Å². The zero-order chi connectivity index (χ0) is 11.7. The van der Waals surface area contributed by atoms with Gasteiger partial charge in [0.15, 0.2) is 0 Å². The molecule has 2 atom stereocenters. The summed E-state index contributed by atoms with van der Waals surface area (Å²) in [6.45, 7) is 4.82. The molecule has 1 aliphatic carbocycles. The molecule has 0 radical (unpaired) electrons. The van der Waals surface area contributed by atoms with Gasteiger partial charge in [0.25, 0.3) is 0 Å². The third kappa shape index (κ3) is 2.11. The largest absolute Gasteiger partial charge is 0.494 e. The van der Waals surface area contributed by atoms with Crippen LogP contribution in [0.25, 0.3) is 0 Å². The Labute approximate surface area is 105 Å². The fourth-order valence-electron chi connectivity index (χ4n) is 2.37. The van der Waals surface area contributed by atoms with Crippen LogP contribution >= 0.6 is 15.9 Å². The van der Waals surface area contributed by atoms with Crippen LogP contribution in [-0.2, 0) is 0 Å². The van der Waals surface area contributed by atoms with Crippen LogP contribution in [0.4, 0.5) is 0 Å². The van der Waals surface area contributed by atoms with Crippen LogP contribution in [0, 0.1) is 0 Å². The molecule has 0 amide bonds. The Kier molecular flexibility index (Phi) is 3.55. The summed E-state index contributed by atoms with van der Waals surface area (Å²) >= 11 is 3.58. The van der Waals surface area contributed by atoms with Gasteiger partial charge in [0.1, 0.15) is 5.75 Å². The monoisotopic (exact) mass is 284 g/mol. The van der Waals surface area contributed by atoms with Gasteiger partial charge >= 0.3 is 0 Å². The van der Waals surface area contributed by atoms with Gasteiger partial charge in [-0.15, -0.1) is 0 Å². The van der Waals surface area contributed by atoms with Gasteiger partial charge in [-0.2, -0.15) is 0 Å². The number of aliphatic hydroxyl groups excluding tert-OH is 1. The summed E-state index contributed by atoms with van der Waals surface area (Å²) in [6, 6.07) is 3.97. The number of benzene rings is 1. The number of ether oxygens (including phenoxy) is 1. The lowest BCUT2D eigenvalue weighted by Crippen LogP contribution is -2.13. The lowest BCUT2D eigenvalue weighted by molar-refractivity contribution is 0.151. The first-order valence-corrected chi connectivity index (χ1v) is 6.57. The van der Waals surface area contributed by atoms with E-state index in [-0.39, 0.29) is 6.10 Å². The maximum absolute atomic E-state index is 10.0. The molecule has 0 saturated carbocycles. The van der Waals surface area contributed by atoms with E-state index < -0.39 is 0 Å². The summed E-state index contributed by atoms with van der Waals surface area (Å²) in [7, 11) is 0. The molecule has 3 heteroatoms. The highest BCUT2D eigenvalue weighted by Gasteiger charge is 2.26. The number of rotatable bonds is 2. The molecule has 1 aromatic rings. The van der Waals surface area contributed by atoms with Crippen molar-refractivity contribution in [1.29, 1.82) is 0 Å². The zero-order valence-electron chi connectivity index (χ0n) is 9.66. The summed E-state index contributed by atoms with van der Waals surface area (Å²) in [5.74, 6) is 1.34. The first-order chi connectivity index (χ1) is 7.63. The molecule has 0 aliphatic heterocycles. The fourth-order valence-corrected chi connectivity index (χ4v) is 3.21. The van der Waals surface area contributed by atoms with Crippen LogP contribution in [0.3, 0.4) is 0 Å². The standard InChI is InChI=1S/C13H17BrO2/c1-3-16-9-6-10-12(15)5-4-8(2)13(10)11(14)7-9/h6-8,12,15H,3-5H2,1-2H3/t8?,12-/m1/s1. The van der Waals surface area contributed by atoms with Crippen molar-refractivity contribution >= 4 is 15.9 Å². The van der Waals surface area contributed by atoms with E-state index in [9.17, 15) is 5.11 Å². The maximum atomic E-state index is 10.0. The number of aliphatic hydroxyl groups is 1. The predicted molar refractivity (Wildman–Crippen MR) is 67.9 cm³/mol. The van der Waals surface area contributed by atoms with Gasteiger partial charge in [-0.05, 0) is 48.9 Å². The van der Waals surface area contributed by atoms with E-state index in [0.717, 1.165) is 28.6 Å². The topological polar surface area (TPSA) is 29.5 Å². The van der Waals surface area contributed by atoms with E-state index in [1.54, 1.807) is 0 Å². The maximum Gasteiger partial charge on any atom is 0.120 e. The van der Waals surface area contributed by atoms with E-state index in [1.165, 1.54) is 5.56 Å². The summed E-state index contributed by atoms with van der Waals surface area (Å²) in [4.78, 5) is 0. The average molecular weight is 285 g/mol. The third-order valence-electron chi connectivity index (χ3n) is 3.17. The third-order valence-corrected chi connectivity index (χ3v) is 3.83.